The van der Waals surface area contributed by atoms with Gasteiger partial charge in [-0.1, -0.05) is 33.8 Å². The largest absolute Gasteiger partial charge is 0.495 e. The first-order valence-corrected chi connectivity index (χ1v) is 6.49. The molecule has 0 aliphatic rings. The first-order chi connectivity index (χ1) is 8.79. The monoisotopic (exact) mass is 264 g/mol. The van der Waals surface area contributed by atoms with Crippen LogP contribution in [0.15, 0.2) is 18.2 Å². The molecule has 1 aromatic carbocycles. The summed E-state index contributed by atoms with van der Waals surface area (Å²) in [4.78, 5) is 11.9. The first-order valence-electron chi connectivity index (χ1n) is 6.49. The number of benzene rings is 1. The number of carbonyl (C=O) groups excluding carboxylic acids is 1. The lowest BCUT2D eigenvalue weighted by Gasteiger charge is -2.21. The minimum absolute atomic E-state index is 0.0191. The molecule has 106 valence electrons. The molecule has 0 aromatic heterocycles. The Hall–Kier alpha value is -1.55. The lowest BCUT2D eigenvalue weighted by molar-refractivity contribution is -0.119. The molecule has 0 saturated carbocycles. The van der Waals surface area contributed by atoms with Crippen LogP contribution in [0.3, 0.4) is 0 Å². The van der Waals surface area contributed by atoms with Gasteiger partial charge in [0.1, 0.15) is 5.75 Å². The van der Waals surface area contributed by atoms with Crippen molar-refractivity contribution in [3.05, 3.63) is 23.8 Å². The predicted octanol–water partition coefficient (Wildman–Crippen LogP) is 2.53. The van der Waals surface area contributed by atoms with Crippen LogP contribution in [0.5, 0.6) is 5.75 Å². The average molecular weight is 264 g/mol. The summed E-state index contributed by atoms with van der Waals surface area (Å²) in [5, 5.41) is 2.88. The molecule has 0 fully saturated rings. The fourth-order valence-corrected chi connectivity index (χ4v) is 1.64. The van der Waals surface area contributed by atoms with Gasteiger partial charge in [-0.2, -0.15) is 0 Å². The number of anilines is 1. The van der Waals surface area contributed by atoms with Crippen LogP contribution in [0.1, 0.15) is 33.3 Å². The highest BCUT2D eigenvalue weighted by Gasteiger charge is 2.18. The number of nitrogens with one attached hydrogen (secondary N) is 1. The number of rotatable bonds is 4. The number of hydrogen-bond acceptors (Lipinski definition) is 3. The Kier molecular flexibility index (Phi) is 4.95. The van der Waals surface area contributed by atoms with Crippen LogP contribution in [0.4, 0.5) is 5.69 Å². The van der Waals surface area contributed by atoms with Crippen molar-refractivity contribution in [2.75, 3.05) is 19.0 Å². The smallest absolute Gasteiger partial charge is 0.228 e. The van der Waals surface area contributed by atoms with E-state index < -0.39 is 0 Å². The zero-order valence-electron chi connectivity index (χ0n) is 12.4. The van der Waals surface area contributed by atoms with E-state index in [2.05, 4.69) is 26.1 Å². The summed E-state index contributed by atoms with van der Waals surface area (Å²) >= 11 is 0. The van der Waals surface area contributed by atoms with Gasteiger partial charge in [0.05, 0.1) is 12.8 Å². The number of amides is 1. The molecule has 0 aliphatic heterocycles. The molecule has 0 radical (unpaired) electrons. The van der Waals surface area contributed by atoms with Gasteiger partial charge >= 0.3 is 0 Å². The highest BCUT2D eigenvalue weighted by molar-refractivity contribution is 5.94. The Balaban J connectivity index is 3.07. The van der Waals surface area contributed by atoms with Crippen molar-refractivity contribution in [3.8, 4) is 5.75 Å². The third-order valence-corrected chi connectivity index (χ3v) is 3.12. The lowest BCUT2D eigenvalue weighted by Crippen LogP contribution is -2.27. The SMILES string of the molecule is COc1ccc(C(C)(C)C)cc1NC(=O)C(C)CN. The molecule has 1 rings (SSSR count). The van der Waals surface area contributed by atoms with E-state index in [-0.39, 0.29) is 17.2 Å². The molecule has 0 spiro atoms. The van der Waals surface area contributed by atoms with Gasteiger partial charge in [-0.25, -0.2) is 0 Å². The number of hydrogen-bond donors (Lipinski definition) is 2. The van der Waals surface area contributed by atoms with Crippen LogP contribution in [-0.4, -0.2) is 19.6 Å². The molecule has 0 saturated heterocycles. The number of ether oxygens (including phenoxy) is 1. The first kappa shape index (κ1) is 15.5. The van der Waals surface area contributed by atoms with Crippen molar-refractivity contribution in [1.29, 1.82) is 0 Å². The van der Waals surface area contributed by atoms with Crippen molar-refractivity contribution in [1.82, 2.24) is 0 Å². The summed E-state index contributed by atoms with van der Waals surface area (Å²) < 4.78 is 5.28. The van der Waals surface area contributed by atoms with E-state index in [1.54, 1.807) is 14.0 Å². The summed E-state index contributed by atoms with van der Waals surface area (Å²) in [6, 6.07) is 5.85. The molecule has 1 aromatic rings. The quantitative estimate of drug-likeness (QED) is 0.878. The van der Waals surface area contributed by atoms with Gasteiger partial charge in [0, 0.05) is 12.5 Å². The lowest BCUT2D eigenvalue weighted by atomic mass is 9.87. The van der Waals surface area contributed by atoms with Crippen molar-refractivity contribution in [2.24, 2.45) is 11.7 Å². The number of methoxy groups -OCH3 is 1. The summed E-state index contributed by atoms with van der Waals surface area (Å²) in [7, 11) is 1.59. The van der Waals surface area contributed by atoms with Crippen molar-refractivity contribution in [2.45, 2.75) is 33.1 Å². The second-order valence-corrected chi connectivity index (χ2v) is 5.79. The van der Waals surface area contributed by atoms with Gasteiger partial charge in [0.25, 0.3) is 0 Å². The Morgan fingerprint density at radius 1 is 1.42 bits per heavy atom. The van der Waals surface area contributed by atoms with Crippen LogP contribution < -0.4 is 15.8 Å². The molecule has 0 aliphatic carbocycles. The van der Waals surface area contributed by atoms with Gasteiger partial charge in [-0.3, -0.25) is 4.79 Å². The topological polar surface area (TPSA) is 64.3 Å². The zero-order chi connectivity index (χ0) is 14.6. The summed E-state index contributed by atoms with van der Waals surface area (Å²) in [6.07, 6.45) is 0. The van der Waals surface area contributed by atoms with Crippen LogP contribution >= 0.6 is 0 Å². The fourth-order valence-electron chi connectivity index (χ4n) is 1.64. The average Bonchev–Trinajstić information content (AvgIpc) is 2.36. The second-order valence-electron chi connectivity index (χ2n) is 5.79. The molecule has 19 heavy (non-hydrogen) atoms. The van der Waals surface area contributed by atoms with Gasteiger partial charge in [0.2, 0.25) is 5.91 Å². The van der Waals surface area contributed by atoms with Crippen molar-refractivity contribution >= 4 is 11.6 Å². The van der Waals surface area contributed by atoms with Crippen molar-refractivity contribution < 1.29 is 9.53 Å². The third-order valence-electron chi connectivity index (χ3n) is 3.12. The van der Waals surface area contributed by atoms with E-state index >= 15 is 0 Å². The minimum atomic E-state index is -0.219. The van der Waals surface area contributed by atoms with Gasteiger partial charge in [-0.05, 0) is 23.1 Å². The van der Waals surface area contributed by atoms with E-state index in [1.165, 1.54) is 0 Å². The van der Waals surface area contributed by atoms with Crippen LogP contribution in [0, 0.1) is 5.92 Å². The Morgan fingerprint density at radius 3 is 2.53 bits per heavy atom. The molecule has 1 unspecified atom stereocenters. The Bertz CT molecular complexity index is 450. The molecule has 1 amide bonds. The maximum absolute atomic E-state index is 11.9. The summed E-state index contributed by atoms with van der Waals surface area (Å²) in [6.45, 7) is 8.51. The van der Waals surface area contributed by atoms with Crippen LogP contribution in [-0.2, 0) is 10.2 Å². The maximum atomic E-state index is 11.9. The normalized spacial score (nSPS) is 12.9. The molecule has 4 heteroatoms. The van der Waals surface area contributed by atoms with Crippen LogP contribution in [0.25, 0.3) is 0 Å². The summed E-state index contributed by atoms with van der Waals surface area (Å²) in [5.41, 5.74) is 7.36. The van der Waals surface area contributed by atoms with E-state index in [0.717, 1.165) is 5.56 Å². The highest BCUT2D eigenvalue weighted by Crippen LogP contribution is 2.31. The van der Waals surface area contributed by atoms with Crippen molar-refractivity contribution in [3.63, 3.8) is 0 Å². The van der Waals surface area contributed by atoms with Crippen LogP contribution in [0.2, 0.25) is 0 Å². The summed E-state index contributed by atoms with van der Waals surface area (Å²) in [5.74, 6) is 0.348. The predicted molar refractivity (Wildman–Crippen MR) is 78.5 cm³/mol. The number of nitrogens with two attached hydrogens (primary N) is 1. The molecular weight excluding hydrogens is 240 g/mol. The fraction of sp³-hybridized carbons (Fsp3) is 0.533. The molecule has 0 bridgehead atoms. The van der Waals surface area contributed by atoms with E-state index in [0.29, 0.717) is 18.0 Å². The van der Waals surface area contributed by atoms with E-state index in [9.17, 15) is 4.79 Å². The third kappa shape index (κ3) is 3.96. The molecule has 4 nitrogen and oxygen atoms in total. The number of carbonyl (C=O) groups is 1. The zero-order valence-corrected chi connectivity index (χ0v) is 12.4. The van der Waals surface area contributed by atoms with Gasteiger partial charge < -0.3 is 15.8 Å². The Labute approximate surface area is 115 Å². The molecular formula is C15H24N2O2. The maximum Gasteiger partial charge on any atom is 0.228 e. The molecule has 0 heterocycles. The van der Waals surface area contributed by atoms with E-state index in [4.69, 9.17) is 10.5 Å². The molecule has 1 atom stereocenters. The van der Waals surface area contributed by atoms with E-state index in [1.807, 2.05) is 18.2 Å². The highest BCUT2D eigenvalue weighted by atomic mass is 16.5. The second kappa shape index (κ2) is 6.06. The minimum Gasteiger partial charge on any atom is -0.495 e. The van der Waals surface area contributed by atoms with Gasteiger partial charge in [0.15, 0.2) is 0 Å². The van der Waals surface area contributed by atoms with Gasteiger partial charge in [-0.15, -0.1) is 0 Å². The molecule has 3 N–H and O–H groups in total. The standard InChI is InChI=1S/C15H24N2O2/c1-10(9-16)14(18)17-12-8-11(15(2,3)4)6-7-13(12)19-5/h6-8,10H,9,16H2,1-5H3,(H,17,18). The Morgan fingerprint density at radius 2 is 2.05 bits per heavy atom.